The maximum absolute atomic E-state index is 12.0. The summed E-state index contributed by atoms with van der Waals surface area (Å²) in [7, 11) is 1.56. The third-order valence-electron chi connectivity index (χ3n) is 2.60. The SMILES string of the molecule is COc1ccc(NC(=O)c2ccc(C)nc2)c(Cl)c1. The highest BCUT2D eigenvalue weighted by atomic mass is 35.5. The fourth-order valence-electron chi connectivity index (χ4n) is 1.52. The number of carbonyl (C=O) groups is 1. The van der Waals surface area contributed by atoms with Crippen LogP contribution in [0.25, 0.3) is 0 Å². The van der Waals surface area contributed by atoms with Crippen molar-refractivity contribution in [3.8, 4) is 5.75 Å². The van der Waals surface area contributed by atoms with Crippen LogP contribution < -0.4 is 10.1 Å². The first-order valence-electron chi connectivity index (χ1n) is 5.67. The van der Waals surface area contributed by atoms with Crippen LogP contribution in [-0.4, -0.2) is 18.0 Å². The maximum atomic E-state index is 12.0. The van der Waals surface area contributed by atoms with E-state index in [1.807, 2.05) is 6.92 Å². The molecule has 0 unspecified atom stereocenters. The summed E-state index contributed by atoms with van der Waals surface area (Å²) in [4.78, 5) is 16.1. The molecule has 0 spiro atoms. The van der Waals surface area contributed by atoms with Crippen LogP contribution in [0.2, 0.25) is 5.02 Å². The molecule has 4 nitrogen and oxygen atoms in total. The molecular formula is C14H13ClN2O2. The van der Waals surface area contributed by atoms with Gasteiger partial charge in [-0.3, -0.25) is 9.78 Å². The van der Waals surface area contributed by atoms with Crippen LogP contribution >= 0.6 is 11.6 Å². The Hall–Kier alpha value is -2.07. The predicted molar refractivity (Wildman–Crippen MR) is 74.9 cm³/mol. The van der Waals surface area contributed by atoms with Crippen LogP contribution in [0.3, 0.4) is 0 Å². The lowest BCUT2D eigenvalue weighted by Gasteiger charge is -2.08. The second-order valence-electron chi connectivity index (χ2n) is 3.99. The highest BCUT2D eigenvalue weighted by Crippen LogP contribution is 2.26. The maximum Gasteiger partial charge on any atom is 0.257 e. The highest BCUT2D eigenvalue weighted by Gasteiger charge is 2.09. The summed E-state index contributed by atoms with van der Waals surface area (Å²) < 4.78 is 5.05. The molecule has 5 heteroatoms. The molecular weight excluding hydrogens is 264 g/mol. The quantitative estimate of drug-likeness (QED) is 0.936. The van der Waals surface area contributed by atoms with Gasteiger partial charge in [0.1, 0.15) is 5.75 Å². The van der Waals surface area contributed by atoms with Crippen molar-refractivity contribution in [2.75, 3.05) is 12.4 Å². The molecule has 0 atom stereocenters. The molecule has 0 aliphatic heterocycles. The summed E-state index contributed by atoms with van der Waals surface area (Å²) in [5.74, 6) is 0.388. The van der Waals surface area contributed by atoms with E-state index in [0.717, 1.165) is 5.69 Å². The Morgan fingerprint density at radius 1 is 1.32 bits per heavy atom. The van der Waals surface area contributed by atoms with Crippen LogP contribution in [0, 0.1) is 6.92 Å². The van der Waals surface area contributed by atoms with Crippen molar-refractivity contribution >= 4 is 23.2 Å². The van der Waals surface area contributed by atoms with Gasteiger partial charge < -0.3 is 10.1 Å². The van der Waals surface area contributed by atoms with E-state index in [4.69, 9.17) is 16.3 Å². The molecule has 0 radical (unpaired) electrons. The number of amides is 1. The normalized spacial score (nSPS) is 10.1. The number of benzene rings is 1. The van der Waals surface area contributed by atoms with Crippen LogP contribution in [0.1, 0.15) is 16.1 Å². The van der Waals surface area contributed by atoms with Gasteiger partial charge >= 0.3 is 0 Å². The Morgan fingerprint density at radius 3 is 2.68 bits per heavy atom. The summed E-state index contributed by atoms with van der Waals surface area (Å²) in [6.45, 7) is 1.86. The fourth-order valence-corrected chi connectivity index (χ4v) is 1.74. The Balaban J connectivity index is 2.17. The van der Waals surface area contributed by atoms with E-state index >= 15 is 0 Å². The number of ether oxygens (including phenoxy) is 1. The van der Waals surface area contributed by atoms with Gasteiger partial charge in [0.05, 0.1) is 23.4 Å². The lowest BCUT2D eigenvalue weighted by Crippen LogP contribution is -2.12. The number of aryl methyl sites for hydroxylation is 1. The third-order valence-corrected chi connectivity index (χ3v) is 2.91. The zero-order valence-corrected chi connectivity index (χ0v) is 11.4. The average Bonchev–Trinajstić information content (AvgIpc) is 2.41. The minimum atomic E-state index is -0.250. The van der Waals surface area contributed by atoms with Crippen molar-refractivity contribution in [2.24, 2.45) is 0 Å². The summed E-state index contributed by atoms with van der Waals surface area (Å²) in [6.07, 6.45) is 1.53. The third kappa shape index (κ3) is 3.23. The monoisotopic (exact) mass is 276 g/mol. The standard InChI is InChI=1S/C14H13ClN2O2/c1-9-3-4-10(8-16-9)14(18)17-13-6-5-11(19-2)7-12(13)15/h3-8H,1-2H3,(H,17,18). The first-order chi connectivity index (χ1) is 9.10. The van der Waals surface area contributed by atoms with Gasteiger partial charge in [-0.25, -0.2) is 0 Å². The van der Waals surface area contributed by atoms with E-state index in [2.05, 4.69) is 10.3 Å². The molecule has 0 saturated carbocycles. The second-order valence-corrected chi connectivity index (χ2v) is 4.40. The Bertz CT molecular complexity index is 597. The minimum absolute atomic E-state index is 0.250. The molecule has 1 aromatic heterocycles. The van der Waals surface area contributed by atoms with Crippen molar-refractivity contribution < 1.29 is 9.53 Å². The lowest BCUT2D eigenvalue weighted by molar-refractivity contribution is 0.102. The number of hydrogen-bond acceptors (Lipinski definition) is 3. The van der Waals surface area contributed by atoms with Gasteiger partial charge in [0.2, 0.25) is 0 Å². The van der Waals surface area contributed by atoms with Gasteiger partial charge in [0, 0.05) is 18.0 Å². The zero-order chi connectivity index (χ0) is 13.8. The van der Waals surface area contributed by atoms with E-state index in [1.54, 1.807) is 37.4 Å². The van der Waals surface area contributed by atoms with E-state index < -0.39 is 0 Å². The summed E-state index contributed by atoms with van der Waals surface area (Å²) >= 11 is 6.05. The topological polar surface area (TPSA) is 51.2 Å². The number of nitrogens with one attached hydrogen (secondary N) is 1. The molecule has 1 amide bonds. The molecule has 2 rings (SSSR count). The molecule has 0 saturated heterocycles. The van der Waals surface area contributed by atoms with Gasteiger partial charge in [0.15, 0.2) is 0 Å². The van der Waals surface area contributed by atoms with Crippen molar-refractivity contribution in [1.29, 1.82) is 0 Å². The Labute approximate surface area is 116 Å². The number of pyridine rings is 1. The van der Waals surface area contributed by atoms with Crippen LogP contribution in [0.15, 0.2) is 36.5 Å². The molecule has 0 bridgehead atoms. The predicted octanol–water partition coefficient (Wildman–Crippen LogP) is 3.30. The van der Waals surface area contributed by atoms with E-state index in [0.29, 0.717) is 22.0 Å². The first kappa shape index (κ1) is 13.4. The average molecular weight is 277 g/mol. The first-order valence-corrected chi connectivity index (χ1v) is 6.05. The molecule has 1 N–H and O–H groups in total. The molecule has 0 aliphatic rings. The Morgan fingerprint density at radius 2 is 2.11 bits per heavy atom. The highest BCUT2D eigenvalue weighted by molar-refractivity contribution is 6.34. The van der Waals surface area contributed by atoms with Gasteiger partial charge in [0.25, 0.3) is 5.91 Å². The van der Waals surface area contributed by atoms with Gasteiger partial charge in [-0.15, -0.1) is 0 Å². The number of nitrogens with zero attached hydrogens (tertiary/aromatic N) is 1. The van der Waals surface area contributed by atoms with E-state index in [-0.39, 0.29) is 5.91 Å². The van der Waals surface area contributed by atoms with Gasteiger partial charge in [-0.1, -0.05) is 11.6 Å². The van der Waals surface area contributed by atoms with E-state index in [9.17, 15) is 4.79 Å². The number of methoxy groups -OCH3 is 1. The van der Waals surface area contributed by atoms with Crippen LogP contribution in [-0.2, 0) is 0 Å². The number of aromatic nitrogens is 1. The Kier molecular flexibility index (Phi) is 4.02. The number of halogens is 1. The number of anilines is 1. The fraction of sp³-hybridized carbons (Fsp3) is 0.143. The van der Waals surface area contributed by atoms with Crippen molar-refractivity contribution in [1.82, 2.24) is 4.98 Å². The molecule has 0 aliphatic carbocycles. The van der Waals surface area contributed by atoms with Crippen molar-refractivity contribution in [3.05, 3.63) is 52.8 Å². The van der Waals surface area contributed by atoms with Gasteiger partial charge in [-0.05, 0) is 31.2 Å². The molecule has 98 valence electrons. The molecule has 19 heavy (non-hydrogen) atoms. The summed E-state index contributed by atoms with van der Waals surface area (Å²) in [6, 6.07) is 8.57. The van der Waals surface area contributed by atoms with Crippen LogP contribution in [0.4, 0.5) is 5.69 Å². The number of rotatable bonds is 3. The molecule has 2 aromatic rings. The molecule has 1 aromatic carbocycles. The second kappa shape index (κ2) is 5.71. The smallest absolute Gasteiger partial charge is 0.257 e. The van der Waals surface area contributed by atoms with Crippen LogP contribution in [0.5, 0.6) is 5.75 Å². The summed E-state index contributed by atoms with van der Waals surface area (Å²) in [5.41, 5.74) is 1.88. The van der Waals surface area contributed by atoms with Crippen molar-refractivity contribution in [2.45, 2.75) is 6.92 Å². The molecule has 1 heterocycles. The van der Waals surface area contributed by atoms with Gasteiger partial charge in [-0.2, -0.15) is 0 Å². The number of hydrogen-bond donors (Lipinski definition) is 1. The largest absolute Gasteiger partial charge is 0.497 e. The lowest BCUT2D eigenvalue weighted by atomic mass is 10.2. The summed E-state index contributed by atoms with van der Waals surface area (Å²) in [5, 5.41) is 3.15. The van der Waals surface area contributed by atoms with Crippen molar-refractivity contribution in [3.63, 3.8) is 0 Å². The zero-order valence-electron chi connectivity index (χ0n) is 10.6. The minimum Gasteiger partial charge on any atom is -0.497 e. The van der Waals surface area contributed by atoms with E-state index in [1.165, 1.54) is 6.20 Å². The molecule has 0 fully saturated rings. The number of carbonyl (C=O) groups excluding carboxylic acids is 1.